The highest BCUT2D eigenvalue weighted by Gasteiger charge is 2.60. The minimum Gasteiger partial charge on any atom is -0.393 e. The van der Waals surface area contributed by atoms with E-state index in [4.69, 9.17) is 4.55 Å². The molecule has 5 nitrogen and oxygen atoms in total. The van der Waals surface area contributed by atoms with E-state index < -0.39 is 16.5 Å². The molecule has 8 unspecified atom stereocenters. The maximum Gasteiger partial charge on any atom is 0.397 e. The maximum atomic E-state index is 10.8. The summed E-state index contributed by atoms with van der Waals surface area (Å²) in [6.45, 7) is 19.7. The summed E-state index contributed by atoms with van der Waals surface area (Å²) in [5, 5.41) is 10.6. The Morgan fingerprint density at radius 1 is 0.875 bits per heavy atom. The zero-order valence-electron chi connectivity index (χ0n) is 27.4. The number of hydrogen-bond donors (Lipinski definition) is 2. The molecule has 0 radical (unpaired) electrons. The highest BCUT2D eigenvalue weighted by atomic mass is 32.3. The van der Waals surface area contributed by atoms with Gasteiger partial charge in [0, 0.05) is 5.92 Å². The lowest BCUT2D eigenvalue weighted by molar-refractivity contribution is -0.120. The summed E-state index contributed by atoms with van der Waals surface area (Å²) in [4.78, 5) is 0. The van der Waals surface area contributed by atoms with Crippen molar-refractivity contribution in [2.24, 2.45) is 58.2 Å². The highest BCUT2D eigenvalue weighted by Crippen LogP contribution is 2.68. The molecule has 2 N–H and O–H groups in total. The van der Waals surface area contributed by atoms with Crippen LogP contribution >= 0.6 is 0 Å². The van der Waals surface area contributed by atoms with Crippen molar-refractivity contribution in [3.05, 3.63) is 0 Å². The zero-order chi connectivity index (χ0) is 30.9. The monoisotopic (exact) mass is 584 g/mol. The minimum absolute atomic E-state index is 0.181. The summed E-state index contributed by atoms with van der Waals surface area (Å²) in [6, 6.07) is 0. The van der Waals surface area contributed by atoms with Crippen LogP contribution in [0, 0.1) is 71.0 Å². The highest BCUT2D eigenvalue weighted by molar-refractivity contribution is 7.80. The summed E-state index contributed by atoms with van der Waals surface area (Å²) in [7, 11) is -4.45. The van der Waals surface area contributed by atoms with Gasteiger partial charge in [-0.1, -0.05) is 68.7 Å². The predicted molar refractivity (Wildman–Crippen MR) is 168 cm³/mol. The van der Waals surface area contributed by atoms with Crippen LogP contribution in [0.3, 0.4) is 0 Å². The van der Waals surface area contributed by atoms with E-state index in [1.807, 2.05) is 27.7 Å². The second-order valence-corrected chi connectivity index (χ2v) is 14.7. The number of rotatable bonds is 8. The van der Waals surface area contributed by atoms with Gasteiger partial charge in [-0.05, 0) is 116 Å². The first-order valence-electron chi connectivity index (χ1n) is 16.5. The van der Waals surface area contributed by atoms with Crippen LogP contribution in [0.25, 0.3) is 0 Å². The first kappa shape index (κ1) is 37.4. The summed E-state index contributed by atoms with van der Waals surface area (Å²) in [5.74, 6) is 5.51. The molecule has 0 spiro atoms. The topological polar surface area (TPSA) is 83.8 Å². The van der Waals surface area contributed by atoms with Crippen LogP contribution in [-0.4, -0.2) is 30.8 Å². The number of terminal acetylenes is 1. The fraction of sp³-hybridized carbons (Fsp3) is 0.941. The summed E-state index contributed by atoms with van der Waals surface area (Å²) in [6.07, 6.45) is 21.7. The summed E-state index contributed by atoms with van der Waals surface area (Å²) in [5.41, 5.74) is 1.00. The average Bonchev–Trinajstić information content (AvgIpc) is 3.30. The van der Waals surface area contributed by atoms with E-state index in [1.165, 1.54) is 57.8 Å². The lowest BCUT2D eigenvalue weighted by Gasteiger charge is -2.61. The summed E-state index contributed by atoms with van der Waals surface area (Å²) < 4.78 is 34.9. The molecule has 40 heavy (non-hydrogen) atoms. The molecular formula is C34H64O5S. The van der Waals surface area contributed by atoms with E-state index in [-0.39, 0.29) is 12.5 Å². The lowest BCUT2D eigenvalue weighted by Crippen LogP contribution is -2.53. The molecule has 0 saturated heterocycles. The van der Waals surface area contributed by atoms with E-state index in [1.54, 1.807) is 6.92 Å². The molecular weight excluding hydrogens is 520 g/mol. The normalized spacial score (nSPS) is 38.6. The largest absolute Gasteiger partial charge is 0.397 e. The van der Waals surface area contributed by atoms with Crippen LogP contribution in [0.2, 0.25) is 0 Å². The second-order valence-electron chi connectivity index (χ2n) is 13.6. The van der Waals surface area contributed by atoms with Crippen LogP contribution in [-0.2, 0) is 14.6 Å². The second kappa shape index (κ2) is 16.3. The average molecular weight is 585 g/mol. The van der Waals surface area contributed by atoms with E-state index in [2.05, 4.69) is 44.7 Å². The molecule has 0 heterocycles. The van der Waals surface area contributed by atoms with Gasteiger partial charge < -0.3 is 5.11 Å². The van der Waals surface area contributed by atoms with Crippen LogP contribution in [0.4, 0.5) is 0 Å². The van der Waals surface area contributed by atoms with Crippen LogP contribution in [0.1, 0.15) is 133 Å². The third-order valence-corrected chi connectivity index (χ3v) is 12.2. The number of hydrogen-bond acceptors (Lipinski definition) is 4. The maximum absolute atomic E-state index is 10.8. The molecule has 4 aliphatic carbocycles. The van der Waals surface area contributed by atoms with Crippen molar-refractivity contribution in [3.8, 4) is 12.8 Å². The SMILES string of the molecule is C#C.CC.CC.CC(COS(=O)(=O)O)C(O)CCC(C)C1CCC2C3CCC4C[C@@H](C)CC[C@]4(C)C3CC[C@]12C. The smallest absolute Gasteiger partial charge is 0.393 e. The number of aliphatic hydroxyl groups is 1. The molecule has 0 amide bonds. The first-order valence-corrected chi connectivity index (χ1v) is 17.8. The Bertz CT molecular complexity index is 856. The van der Waals surface area contributed by atoms with Crippen LogP contribution < -0.4 is 0 Å². The van der Waals surface area contributed by atoms with Gasteiger partial charge in [0.15, 0.2) is 0 Å². The Kier molecular flexibility index (Phi) is 15.2. The van der Waals surface area contributed by atoms with Gasteiger partial charge in [0.25, 0.3) is 0 Å². The zero-order valence-corrected chi connectivity index (χ0v) is 28.2. The molecule has 4 rings (SSSR count). The Morgan fingerprint density at radius 2 is 1.45 bits per heavy atom. The standard InChI is InChI=1S/C28H50O5S.2C2H6.C2H2/c1-18-12-14-27(4)21(16-18)7-8-22-24-10-9-23(28(24,5)15-13-25(22)27)19(2)6-11-26(29)20(3)17-33-34(30,31)32;3*1-2/h18-26,29H,6-17H2,1-5H3,(H,30,31,32);2*1-2H3;1-2H/t18-,19?,20?,21?,22?,23?,24?,25?,26?,27-,28+;;;/m0.../s1. The van der Waals surface area contributed by atoms with E-state index in [9.17, 15) is 13.5 Å². The van der Waals surface area contributed by atoms with Gasteiger partial charge in [-0.15, -0.1) is 12.8 Å². The Labute approximate surface area is 249 Å². The quantitative estimate of drug-likeness (QED) is 0.220. The van der Waals surface area contributed by atoms with Crippen LogP contribution in [0.5, 0.6) is 0 Å². The Morgan fingerprint density at radius 3 is 2.05 bits per heavy atom. The number of aliphatic hydroxyl groups excluding tert-OH is 1. The number of fused-ring (bicyclic) bond motifs is 5. The van der Waals surface area contributed by atoms with Crippen molar-refractivity contribution >= 4 is 10.4 Å². The van der Waals surface area contributed by atoms with Gasteiger partial charge in [-0.2, -0.15) is 8.42 Å². The van der Waals surface area contributed by atoms with Crippen molar-refractivity contribution in [3.63, 3.8) is 0 Å². The summed E-state index contributed by atoms with van der Waals surface area (Å²) >= 11 is 0. The first-order chi connectivity index (χ1) is 18.8. The molecule has 4 saturated carbocycles. The van der Waals surface area contributed by atoms with Crippen molar-refractivity contribution < 1.29 is 22.3 Å². The van der Waals surface area contributed by atoms with Gasteiger partial charge >= 0.3 is 10.4 Å². The molecule has 4 fully saturated rings. The minimum atomic E-state index is -4.45. The fourth-order valence-corrected chi connectivity index (χ4v) is 10.1. The van der Waals surface area contributed by atoms with Crippen molar-refractivity contribution in [1.29, 1.82) is 0 Å². The van der Waals surface area contributed by atoms with Gasteiger partial charge in [0.1, 0.15) is 0 Å². The van der Waals surface area contributed by atoms with Gasteiger partial charge in [0.2, 0.25) is 0 Å². The predicted octanol–water partition coefficient (Wildman–Crippen LogP) is 8.82. The molecule has 4 aliphatic rings. The van der Waals surface area contributed by atoms with E-state index in [0.29, 0.717) is 29.1 Å². The molecule has 0 bridgehead atoms. The molecule has 0 aromatic heterocycles. The van der Waals surface area contributed by atoms with Crippen LogP contribution in [0.15, 0.2) is 0 Å². The Balaban J connectivity index is 0.00000125. The Hall–Kier alpha value is -0.610. The molecule has 0 aromatic rings. The van der Waals surface area contributed by atoms with Gasteiger partial charge in [-0.3, -0.25) is 4.55 Å². The molecule has 11 atom stereocenters. The van der Waals surface area contributed by atoms with Gasteiger partial charge in [-0.25, -0.2) is 4.18 Å². The molecule has 236 valence electrons. The lowest BCUT2D eigenvalue weighted by atomic mass is 9.44. The van der Waals surface area contributed by atoms with Crippen molar-refractivity contribution in [1.82, 2.24) is 0 Å². The molecule has 0 aliphatic heterocycles. The fourth-order valence-electron chi connectivity index (χ4n) is 9.67. The van der Waals surface area contributed by atoms with E-state index >= 15 is 0 Å². The van der Waals surface area contributed by atoms with Crippen molar-refractivity contribution in [2.75, 3.05) is 6.61 Å². The third-order valence-electron chi connectivity index (χ3n) is 11.7. The van der Waals surface area contributed by atoms with E-state index in [0.717, 1.165) is 36.0 Å². The van der Waals surface area contributed by atoms with Gasteiger partial charge in [0.05, 0.1) is 12.7 Å². The van der Waals surface area contributed by atoms with Crippen molar-refractivity contribution in [2.45, 2.75) is 139 Å². The molecule has 6 heteroatoms. The molecule has 0 aromatic carbocycles. The third kappa shape index (κ3) is 8.48.